The Labute approximate surface area is 95.0 Å². The van der Waals surface area contributed by atoms with Gasteiger partial charge in [-0.3, -0.25) is 4.79 Å². The van der Waals surface area contributed by atoms with Gasteiger partial charge >= 0.3 is 11.9 Å². The predicted octanol–water partition coefficient (Wildman–Crippen LogP) is 0.666. The lowest BCUT2D eigenvalue weighted by molar-refractivity contribution is -0.158. The molecular weight excluding hydrogens is 212 g/mol. The van der Waals surface area contributed by atoms with Crippen molar-refractivity contribution >= 4 is 11.9 Å². The van der Waals surface area contributed by atoms with Gasteiger partial charge in [0.25, 0.3) is 0 Å². The summed E-state index contributed by atoms with van der Waals surface area (Å²) in [6, 6.07) is 0. The van der Waals surface area contributed by atoms with Gasteiger partial charge in [-0.15, -0.1) is 0 Å². The van der Waals surface area contributed by atoms with E-state index in [1.807, 2.05) is 0 Å². The zero-order chi connectivity index (χ0) is 12.8. The third-order valence-electron chi connectivity index (χ3n) is 1.60. The number of carbonyl (C=O) groups is 2. The van der Waals surface area contributed by atoms with Crippen LogP contribution in [-0.2, 0) is 19.1 Å². The highest BCUT2D eigenvalue weighted by molar-refractivity contribution is 5.81. The molecular formula is C11H18O5. The highest BCUT2D eigenvalue weighted by Gasteiger charge is 2.23. The van der Waals surface area contributed by atoms with Crippen LogP contribution in [0.15, 0.2) is 12.7 Å². The molecule has 0 rings (SSSR count). The Bertz CT molecular complexity index is 264. The summed E-state index contributed by atoms with van der Waals surface area (Å²) in [5.41, 5.74) is -0.614. The molecule has 0 aromatic carbocycles. The van der Waals surface area contributed by atoms with Crippen molar-refractivity contribution in [3.63, 3.8) is 0 Å². The number of hydrogen-bond donors (Lipinski definition) is 1. The summed E-state index contributed by atoms with van der Waals surface area (Å²) < 4.78 is 9.40. The Kier molecular flexibility index (Phi) is 5.74. The van der Waals surface area contributed by atoms with Crippen LogP contribution in [0.3, 0.4) is 0 Å². The maximum absolute atomic E-state index is 11.3. The van der Waals surface area contributed by atoms with E-state index in [0.29, 0.717) is 0 Å². The first kappa shape index (κ1) is 14.6. The van der Waals surface area contributed by atoms with Crippen LogP contribution in [0.5, 0.6) is 0 Å². The number of hydrogen-bond acceptors (Lipinski definition) is 5. The quantitative estimate of drug-likeness (QED) is 0.555. The lowest BCUT2D eigenvalue weighted by Gasteiger charge is -2.18. The number of ether oxygens (including phenoxy) is 2. The van der Waals surface area contributed by atoms with Crippen molar-refractivity contribution in [1.29, 1.82) is 0 Å². The van der Waals surface area contributed by atoms with Crippen LogP contribution in [0, 0.1) is 5.41 Å². The molecule has 0 aliphatic rings. The van der Waals surface area contributed by atoms with Gasteiger partial charge in [-0.2, -0.15) is 0 Å². The summed E-state index contributed by atoms with van der Waals surface area (Å²) in [4.78, 5) is 22.0. The summed E-state index contributed by atoms with van der Waals surface area (Å²) >= 11 is 0. The van der Waals surface area contributed by atoms with Crippen LogP contribution in [0.25, 0.3) is 0 Å². The SMILES string of the molecule is C=CC(=O)OCC(O)COC(=O)C(C)(C)C. The monoisotopic (exact) mass is 230 g/mol. The minimum atomic E-state index is -1.02. The average Bonchev–Trinajstić information content (AvgIpc) is 2.20. The molecule has 0 aromatic heterocycles. The van der Waals surface area contributed by atoms with Crippen LogP contribution in [0.2, 0.25) is 0 Å². The molecule has 0 spiro atoms. The zero-order valence-electron chi connectivity index (χ0n) is 9.86. The summed E-state index contributed by atoms with van der Waals surface area (Å²) in [5, 5.41) is 9.32. The first-order chi connectivity index (χ1) is 7.27. The van der Waals surface area contributed by atoms with E-state index in [9.17, 15) is 14.7 Å². The van der Waals surface area contributed by atoms with Gasteiger partial charge in [0.2, 0.25) is 0 Å². The van der Waals surface area contributed by atoms with Gasteiger partial charge in [0.05, 0.1) is 5.41 Å². The molecule has 0 aliphatic carbocycles. The Morgan fingerprint density at radius 2 is 1.81 bits per heavy atom. The van der Waals surface area contributed by atoms with Gasteiger partial charge in [-0.25, -0.2) is 4.79 Å². The highest BCUT2D eigenvalue weighted by Crippen LogP contribution is 2.15. The molecule has 1 atom stereocenters. The van der Waals surface area contributed by atoms with Crippen LogP contribution in [0.4, 0.5) is 0 Å². The van der Waals surface area contributed by atoms with Crippen molar-refractivity contribution in [2.24, 2.45) is 5.41 Å². The van der Waals surface area contributed by atoms with Gasteiger partial charge in [0.15, 0.2) is 0 Å². The Hall–Kier alpha value is -1.36. The fraction of sp³-hybridized carbons (Fsp3) is 0.636. The summed E-state index contributed by atoms with van der Waals surface area (Å²) in [6.07, 6.45) is -0.0244. The van der Waals surface area contributed by atoms with E-state index in [2.05, 4.69) is 11.3 Å². The number of esters is 2. The summed E-state index contributed by atoms with van der Waals surface area (Å²) in [5.74, 6) is -1.04. The molecule has 0 saturated carbocycles. The summed E-state index contributed by atoms with van der Waals surface area (Å²) in [7, 11) is 0. The molecule has 0 saturated heterocycles. The van der Waals surface area contributed by atoms with Gasteiger partial charge in [-0.05, 0) is 20.8 Å². The van der Waals surface area contributed by atoms with E-state index in [-0.39, 0.29) is 13.2 Å². The van der Waals surface area contributed by atoms with E-state index in [1.54, 1.807) is 20.8 Å². The molecule has 0 aliphatic heterocycles. The lowest BCUT2D eigenvalue weighted by Crippen LogP contribution is -2.29. The standard InChI is InChI=1S/C11H18O5/c1-5-9(13)15-6-8(12)7-16-10(14)11(2,3)4/h5,8,12H,1,6-7H2,2-4H3. The van der Waals surface area contributed by atoms with E-state index >= 15 is 0 Å². The maximum Gasteiger partial charge on any atom is 0.330 e. The first-order valence-electron chi connectivity index (χ1n) is 4.92. The molecule has 0 fully saturated rings. The van der Waals surface area contributed by atoms with E-state index in [0.717, 1.165) is 6.08 Å². The number of rotatable bonds is 5. The molecule has 0 radical (unpaired) electrons. The maximum atomic E-state index is 11.3. The molecule has 1 N–H and O–H groups in total. The van der Waals surface area contributed by atoms with Crippen molar-refractivity contribution in [2.45, 2.75) is 26.9 Å². The van der Waals surface area contributed by atoms with Crippen LogP contribution >= 0.6 is 0 Å². The van der Waals surface area contributed by atoms with Crippen molar-refractivity contribution in [2.75, 3.05) is 13.2 Å². The smallest absolute Gasteiger partial charge is 0.330 e. The minimum absolute atomic E-state index is 0.194. The van der Waals surface area contributed by atoms with Crippen LogP contribution in [0.1, 0.15) is 20.8 Å². The zero-order valence-corrected chi connectivity index (χ0v) is 9.86. The minimum Gasteiger partial charge on any atom is -0.462 e. The van der Waals surface area contributed by atoms with Gasteiger partial charge in [-0.1, -0.05) is 6.58 Å². The average molecular weight is 230 g/mol. The molecule has 1 unspecified atom stereocenters. The molecule has 0 bridgehead atoms. The van der Waals surface area contributed by atoms with Gasteiger partial charge < -0.3 is 14.6 Å². The highest BCUT2D eigenvalue weighted by atomic mass is 16.6. The topological polar surface area (TPSA) is 72.8 Å². The summed E-state index contributed by atoms with van der Waals surface area (Å²) in [6.45, 7) is 7.91. The lowest BCUT2D eigenvalue weighted by atomic mass is 9.97. The molecule has 92 valence electrons. The molecule has 5 heteroatoms. The van der Waals surface area contributed by atoms with Crippen LogP contribution in [-0.4, -0.2) is 36.4 Å². The number of aliphatic hydroxyl groups is 1. The normalized spacial score (nSPS) is 12.8. The van der Waals surface area contributed by atoms with Gasteiger partial charge in [0.1, 0.15) is 19.3 Å². The number of carbonyl (C=O) groups excluding carboxylic acids is 2. The molecule has 0 heterocycles. The Morgan fingerprint density at radius 3 is 2.25 bits per heavy atom. The van der Waals surface area contributed by atoms with E-state index in [1.165, 1.54) is 0 Å². The third kappa shape index (κ3) is 6.19. The van der Waals surface area contributed by atoms with E-state index < -0.39 is 23.5 Å². The van der Waals surface area contributed by atoms with Crippen molar-refractivity contribution in [3.8, 4) is 0 Å². The van der Waals surface area contributed by atoms with Crippen LogP contribution < -0.4 is 0 Å². The molecule has 0 aromatic rings. The molecule has 16 heavy (non-hydrogen) atoms. The first-order valence-corrected chi connectivity index (χ1v) is 4.92. The second-order valence-electron chi connectivity index (χ2n) is 4.34. The Morgan fingerprint density at radius 1 is 1.31 bits per heavy atom. The van der Waals surface area contributed by atoms with Crippen molar-refractivity contribution < 1.29 is 24.2 Å². The largest absolute Gasteiger partial charge is 0.462 e. The molecule has 0 amide bonds. The Balaban J connectivity index is 3.82. The second-order valence-corrected chi connectivity index (χ2v) is 4.34. The molecule has 5 nitrogen and oxygen atoms in total. The second kappa shape index (κ2) is 6.27. The predicted molar refractivity (Wildman–Crippen MR) is 57.6 cm³/mol. The third-order valence-corrected chi connectivity index (χ3v) is 1.60. The van der Waals surface area contributed by atoms with E-state index in [4.69, 9.17) is 4.74 Å². The van der Waals surface area contributed by atoms with Crippen molar-refractivity contribution in [3.05, 3.63) is 12.7 Å². The van der Waals surface area contributed by atoms with Crippen molar-refractivity contribution in [1.82, 2.24) is 0 Å². The van der Waals surface area contributed by atoms with Gasteiger partial charge in [0, 0.05) is 6.08 Å². The fourth-order valence-corrected chi connectivity index (χ4v) is 0.674. The number of aliphatic hydroxyl groups excluding tert-OH is 1. The fourth-order valence-electron chi connectivity index (χ4n) is 0.674.